The molecular weight excluding hydrogens is 466 g/mol. The Morgan fingerprint density at radius 1 is 1.06 bits per heavy atom. The number of para-hydroxylation sites is 1. The van der Waals surface area contributed by atoms with Crippen LogP contribution in [0.3, 0.4) is 0 Å². The summed E-state index contributed by atoms with van der Waals surface area (Å²) in [5, 5.41) is 12.1. The molecule has 1 aliphatic heterocycles. The van der Waals surface area contributed by atoms with E-state index < -0.39 is 23.3 Å². The topological polar surface area (TPSA) is 71.0 Å². The van der Waals surface area contributed by atoms with Crippen LogP contribution < -0.4 is 14.8 Å². The minimum absolute atomic E-state index is 0.107. The zero-order valence-electron chi connectivity index (χ0n) is 19.9. The van der Waals surface area contributed by atoms with Gasteiger partial charge in [0.25, 0.3) is 0 Å². The number of nitrogens with zero attached hydrogens (tertiary/aromatic N) is 1. The van der Waals surface area contributed by atoms with Gasteiger partial charge in [0.15, 0.2) is 17.4 Å². The summed E-state index contributed by atoms with van der Waals surface area (Å²) >= 11 is 0. The summed E-state index contributed by atoms with van der Waals surface area (Å²) in [7, 11) is 2.12. The highest BCUT2D eigenvalue weighted by molar-refractivity contribution is 6.02. The van der Waals surface area contributed by atoms with E-state index in [1.54, 1.807) is 12.1 Å². The molecule has 0 aliphatic carbocycles. The van der Waals surface area contributed by atoms with Crippen molar-refractivity contribution >= 4 is 17.7 Å². The van der Waals surface area contributed by atoms with Crippen molar-refractivity contribution in [2.75, 3.05) is 25.5 Å². The van der Waals surface area contributed by atoms with Gasteiger partial charge in [-0.15, -0.1) is 0 Å². The lowest BCUT2D eigenvalue weighted by molar-refractivity contribution is -0.111. The fraction of sp³-hybridized carbons (Fsp3) is 0.250. The van der Waals surface area contributed by atoms with Crippen molar-refractivity contribution < 1.29 is 28.2 Å². The van der Waals surface area contributed by atoms with Gasteiger partial charge in [-0.2, -0.15) is 0 Å². The Hall–Kier alpha value is -3.91. The van der Waals surface area contributed by atoms with Gasteiger partial charge in [-0.1, -0.05) is 18.2 Å². The summed E-state index contributed by atoms with van der Waals surface area (Å²) in [6.45, 7) is 2.28. The number of rotatable bonds is 8. The number of anilines is 1. The van der Waals surface area contributed by atoms with Gasteiger partial charge in [0.05, 0.1) is 0 Å². The summed E-state index contributed by atoms with van der Waals surface area (Å²) in [5.41, 5.74) is 1.18. The van der Waals surface area contributed by atoms with Crippen LogP contribution in [0.1, 0.15) is 24.0 Å². The number of likely N-dealkylation sites (tertiary alicyclic amines) is 1. The molecule has 4 rings (SSSR count). The summed E-state index contributed by atoms with van der Waals surface area (Å²) in [6, 6.07) is 16.7. The Morgan fingerprint density at radius 3 is 2.50 bits per heavy atom. The first-order valence-electron chi connectivity index (χ1n) is 11.7. The van der Waals surface area contributed by atoms with Gasteiger partial charge in [-0.3, -0.25) is 4.79 Å². The Bertz CT molecular complexity index is 1220. The molecule has 0 saturated carbocycles. The third-order valence-corrected chi connectivity index (χ3v) is 5.97. The minimum atomic E-state index is -1.13. The van der Waals surface area contributed by atoms with Crippen molar-refractivity contribution in [3.63, 3.8) is 0 Å². The molecule has 3 aromatic rings. The van der Waals surface area contributed by atoms with Crippen LogP contribution in [0.2, 0.25) is 0 Å². The van der Waals surface area contributed by atoms with Crippen molar-refractivity contribution in [3.8, 4) is 17.2 Å². The van der Waals surface area contributed by atoms with Gasteiger partial charge in [0.2, 0.25) is 5.91 Å². The number of amides is 1. The number of ether oxygens (including phenoxy) is 2. The molecule has 2 N–H and O–H groups in total. The molecule has 0 aromatic heterocycles. The van der Waals surface area contributed by atoms with E-state index in [1.165, 1.54) is 0 Å². The van der Waals surface area contributed by atoms with Crippen LogP contribution in [0.15, 0.2) is 66.7 Å². The van der Waals surface area contributed by atoms with Gasteiger partial charge in [0.1, 0.15) is 24.2 Å². The minimum Gasteiger partial charge on any atom is -0.503 e. The highest BCUT2D eigenvalue weighted by atomic mass is 19.1. The Balaban J connectivity index is 1.33. The quantitative estimate of drug-likeness (QED) is 0.412. The smallest absolute Gasteiger partial charge is 0.248 e. The predicted molar refractivity (Wildman–Crippen MR) is 134 cm³/mol. The maximum atomic E-state index is 13.9. The fourth-order valence-electron chi connectivity index (χ4n) is 3.86. The van der Waals surface area contributed by atoms with Crippen LogP contribution in [0, 0.1) is 11.6 Å². The molecule has 1 saturated heterocycles. The van der Waals surface area contributed by atoms with Crippen LogP contribution in [-0.2, 0) is 11.4 Å². The molecule has 1 fully saturated rings. The summed E-state index contributed by atoms with van der Waals surface area (Å²) < 4.78 is 39.1. The highest BCUT2D eigenvalue weighted by Crippen LogP contribution is 2.25. The average Bonchev–Trinajstić information content (AvgIpc) is 2.88. The molecule has 1 aliphatic rings. The fourth-order valence-corrected chi connectivity index (χ4v) is 3.86. The summed E-state index contributed by atoms with van der Waals surface area (Å²) in [5.74, 6) is -2.32. The highest BCUT2D eigenvalue weighted by Gasteiger charge is 2.18. The largest absolute Gasteiger partial charge is 0.503 e. The number of phenols is 1. The lowest BCUT2D eigenvalue weighted by Crippen LogP contribution is -2.35. The van der Waals surface area contributed by atoms with E-state index in [2.05, 4.69) is 17.3 Å². The van der Waals surface area contributed by atoms with E-state index >= 15 is 0 Å². The zero-order chi connectivity index (χ0) is 25.5. The first kappa shape index (κ1) is 25.2. The molecule has 36 heavy (non-hydrogen) atoms. The second kappa shape index (κ2) is 11.7. The molecule has 3 aromatic carbocycles. The first-order chi connectivity index (χ1) is 17.4. The number of piperidine rings is 1. The number of halogens is 2. The molecule has 8 heteroatoms. The number of nitrogens with one attached hydrogen (secondary N) is 1. The first-order valence-corrected chi connectivity index (χ1v) is 11.7. The van der Waals surface area contributed by atoms with Crippen LogP contribution in [0.4, 0.5) is 14.5 Å². The molecule has 0 radical (unpaired) electrons. The monoisotopic (exact) mass is 494 g/mol. The van der Waals surface area contributed by atoms with Crippen molar-refractivity contribution in [1.82, 2.24) is 4.90 Å². The second-order valence-electron chi connectivity index (χ2n) is 8.66. The normalized spacial score (nSPS) is 14.6. The molecular formula is C28H28F2N2O4. The summed E-state index contributed by atoms with van der Waals surface area (Å²) in [6.07, 6.45) is 4.51. The Morgan fingerprint density at radius 2 is 1.75 bits per heavy atom. The van der Waals surface area contributed by atoms with E-state index in [1.807, 2.05) is 36.4 Å². The van der Waals surface area contributed by atoms with Crippen LogP contribution in [0.5, 0.6) is 17.2 Å². The lowest BCUT2D eigenvalue weighted by Gasteiger charge is -2.29. The van der Waals surface area contributed by atoms with E-state index in [0.29, 0.717) is 11.4 Å². The van der Waals surface area contributed by atoms with Crippen molar-refractivity contribution in [2.24, 2.45) is 0 Å². The van der Waals surface area contributed by atoms with Gasteiger partial charge in [-0.25, -0.2) is 8.78 Å². The molecule has 0 bridgehead atoms. The van der Waals surface area contributed by atoms with Crippen molar-refractivity contribution in [2.45, 2.75) is 25.6 Å². The second-order valence-corrected chi connectivity index (χ2v) is 8.66. The van der Waals surface area contributed by atoms with E-state index in [0.717, 1.165) is 61.5 Å². The number of aromatic hydroxyl groups is 1. The number of carbonyl (C=O) groups is 1. The lowest BCUT2D eigenvalue weighted by atomic mass is 10.1. The molecule has 0 spiro atoms. The number of hydrogen-bond donors (Lipinski definition) is 2. The molecule has 6 nitrogen and oxygen atoms in total. The third-order valence-electron chi connectivity index (χ3n) is 5.97. The van der Waals surface area contributed by atoms with E-state index in [-0.39, 0.29) is 18.3 Å². The van der Waals surface area contributed by atoms with Crippen LogP contribution in [0.25, 0.3) is 6.08 Å². The SMILES string of the molecule is CN1CCC(Oc2ccc(OCc3ccccc3NC(=O)C=Cc3ccc(F)c(O)c3F)cc2)CC1. The predicted octanol–water partition coefficient (Wildman–Crippen LogP) is 5.37. The van der Waals surface area contributed by atoms with Crippen LogP contribution >= 0.6 is 0 Å². The number of benzene rings is 3. The molecule has 0 atom stereocenters. The Kier molecular flexibility index (Phi) is 8.17. The molecule has 188 valence electrons. The average molecular weight is 495 g/mol. The molecule has 1 heterocycles. The van der Waals surface area contributed by atoms with E-state index in [9.17, 15) is 18.7 Å². The van der Waals surface area contributed by atoms with Crippen molar-refractivity contribution in [3.05, 3.63) is 89.5 Å². The van der Waals surface area contributed by atoms with E-state index in [4.69, 9.17) is 9.47 Å². The number of hydrogen-bond acceptors (Lipinski definition) is 5. The number of phenolic OH excluding ortho intramolecular Hbond substituents is 1. The maximum absolute atomic E-state index is 13.9. The van der Waals surface area contributed by atoms with Gasteiger partial charge < -0.3 is 24.8 Å². The zero-order valence-corrected chi connectivity index (χ0v) is 19.9. The molecule has 1 amide bonds. The van der Waals surface area contributed by atoms with Gasteiger partial charge >= 0.3 is 0 Å². The maximum Gasteiger partial charge on any atom is 0.248 e. The summed E-state index contributed by atoms with van der Waals surface area (Å²) in [4.78, 5) is 14.7. The third kappa shape index (κ3) is 6.60. The van der Waals surface area contributed by atoms with Crippen LogP contribution in [-0.4, -0.2) is 42.2 Å². The number of carbonyl (C=O) groups excluding carboxylic acids is 1. The van der Waals surface area contributed by atoms with Crippen molar-refractivity contribution in [1.29, 1.82) is 0 Å². The van der Waals surface area contributed by atoms with Gasteiger partial charge in [0, 0.05) is 36.0 Å². The standard InChI is InChI=1S/C28H28F2N2O4/c1-32-16-14-23(15-17-32)36-22-10-8-21(9-11-22)35-18-20-4-2-3-5-25(20)31-26(33)13-7-19-6-12-24(29)28(34)27(19)30/h2-13,23,34H,14-18H2,1H3,(H,31,33). The Labute approximate surface area is 208 Å². The molecule has 0 unspecified atom stereocenters. The van der Waals surface area contributed by atoms with Gasteiger partial charge in [-0.05, 0) is 68.4 Å².